The third-order valence-electron chi connectivity index (χ3n) is 3.35. The minimum atomic E-state index is 0.827. The number of benzene rings is 3. The summed E-state index contributed by atoms with van der Waals surface area (Å²) in [6.45, 7) is 2.17. The van der Waals surface area contributed by atoms with Gasteiger partial charge in [0.1, 0.15) is 0 Å². The molecule has 0 radical (unpaired) electrons. The second-order valence-electron chi connectivity index (χ2n) is 4.94. The monoisotopic (exact) mass is 284 g/mol. The Morgan fingerprint density at radius 3 is 1.35 bits per heavy atom. The van der Waals surface area contributed by atoms with Crippen LogP contribution in [0, 0.1) is 0 Å². The highest BCUT2D eigenvalue weighted by molar-refractivity contribution is 6.17. The summed E-state index contributed by atoms with van der Waals surface area (Å²) in [5.41, 5.74) is 0. The van der Waals surface area contributed by atoms with Crippen molar-refractivity contribution in [3.8, 4) is 0 Å². The van der Waals surface area contributed by atoms with Crippen LogP contribution in [0.4, 0.5) is 0 Å². The van der Waals surface area contributed by atoms with Crippen LogP contribution in [0.5, 0.6) is 0 Å². The van der Waals surface area contributed by atoms with Crippen molar-refractivity contribution in [1.29, 1.82) is 0 Å². The van der Waals surface area contributed by atoms with Gasteiger partial charge in [0, 0.05) is 5.88 Å². The van der Waals surface area contributed by atoms with Crippen molar-refractivity contribution in [2.75, 3.05) is 5.88 Å². The molecule has 1 heteroatoms. The number of hydrogen-bond donors (Lipinski definition) is 0. The first kappa shape index (κ1) is 14.9. The summed E-state index contributed by atoms with van der Waals surface area (Å²) in [5, 5.41) is 5.25. The summed E-state index contributed by atoms with van der Waals surface area (Å²) in [5.74, 6) is 0.827. The van der Waals surface area contributed by atoms with Crippen molar-refractivity contribution in [1.82, 2.24) is 0 Å². The van der Waals surface area contributed by atoms with Gasteiger partial charge in [-0.1, -0.05) is 68.3 Å². The zero-order valence-electron chi connectivity index (χ0n) is 12.0. The maximum absolute atomic E-state index is 5.38. The normalized spacial score (nSPS) is 10.3. The topological polar surface area (TPSA) is 0 Å². The molecule has 20 heavy (non-hydrogen) atoms. The van der Waals surface area contributed by atoms with Crippen LogP contribution in [-0.2, 0) is 0 Å². The molecule has 3 aromatic rings. The van der Waals surface area contributed by atoms with Gasteiger partial charge in [0.2, 0.25) is 0 Å². The van der Waals surface area contributed by atoms with E-state index in [2.05, 4.69) is 67.6 Å². The quantitative estimate of drug-likeness (QED) is 0.296. The van der Waals surface area contributed by atoms with Gasteiger partial charge in [-0.15, -0.1) is 11.6 Å². The number of halogens is 1. The first-order valence-corrected chi connectivity index (χ1v) is 7.82. The van der Waals surface area contributed by atoms with E-state index in [4.69, 9.17) is 11.6 Å². The summed E-state index contributed by atoms with van der Waals surface area (Å²) in [7, 11) is 0. The molecule has 3 aromatic carbocycles. The molecule has 0 saturated heterocycles. The molecule has 3 rings (SSSR count). The second-order valence-corrected chi connectivity index (χ2v) is 5.32. The van der Waals surface area contributed by atoms with Crippen molar-refractivity contribution in [2.24, 2.45) is 0 Å². The van der Waals surface area contributed by atoms with E-state index in [1.54, 1.807) is 0 Å². The number of fused-ring (bicyclic) bond motifs is 2. The van der Waals surface area contributed by atoms with Crippen LogP contribution in [0.25, 0.3) is 21.5 Å². The zero-order chi connectivity index (χ0) is 14.2. The molecule has 0 amide bonds. The molecule has 0 aromatic heterocycles. The largest absolute Gasteiger partial charge is 0.127 e. The Labute approximate surface area is 126 Å². The lowest BCUT2D eigenvalue weighted by Gasteiger charge is -2.00. The zero-order valence-corrected chi connectivity index (χ0v) is 12.7. The minimum Gasteiger partial charge on any atom is -0.127 e. The number of rotatable bonds is 3. The molecule has 0 unspecified atom stereocenters. The van der Waals surface area contributed by atoms with E-state index in [0.29, 0.717) is 0 Å². The fourth-order valence-electron chi connectivity index (χ4n) is 2.23. The van der Waals surface area contributed by atoms with Gasteiger partial charge in [-0.25, -0.2) is 0 Å². The van der Waals surface area contributed by atoms with Gasteiger partial charge in [-0.2, -0.15) is 0 Å². The smallest absolute Gasteiger partial charge is 0.0223 e. The lowest BCUT2D eigenvalue weighted by Crippen LogP contribution is -1.74. The molecule has 104 valence electrons. The van der Waals surface area contributed by atoms with Crippen LogP contribution in [0.1, 0.15) is 26.2 Å². The SMILES string of the molecule is CCCCCCl.c1ccc2cc3ccccc3cc2c1. The number of hydrogen-bond acceptors (Lipinski definition) is 0. The van der Waals surface area contributed by atoms with Crippen molar-refractivity contribution in [3.63, 3.8) is 0 Å². The van der Waals surface area contributed by atoms with Crippen LogP contribution in [0.2, 0.25) is 0 Å². The minimum absolute atomic E-state index is 0.827. The Morgan fingerprint density at radius 1 is 0.700 bits per heavy atom. The maximum atomic E-state index is 5.38. The first-order chi connectivity index (χ1) is 9.85. The van der Waals surface area contributed by atoms with Gasteiger partial charge in [0.15, 0.2) is 0 Å². The van der Waals surface area contributed by atoms with Gasteiger partial charge < -0.3 is 0 Å². The van der Waals surface area contributed by atoms with E-state index in [9.17, 15) is 0 Å². The van der Waals surface area contributed by atoms with Crippen LogP contribution in [0.15, 0.2) is 60.7 Å². The van der Waals surface area contributed by atoms with Crippen LogP contribution in [0.3, 0.4) is 0 Å². The molecule has 0 fully saturated rings. The fraction of sp³-hybridized carbons (Fsp3) is 0.263. The van der Waals surface area contributed by atoms with E-state index in [0.717, 1.165) is 5.88 Å². The van der Waals surface area contributed by atoms with Gasteiger partial charge in [-0.3, -0.25) is 0 Å². The summed E-state index contributed by atoms with van der Waals surface area (Å²) in [6.07, 6.45) is 3.73. The molecule has 0 aliphatic carbocycles. The second kappa shape index (κ2) is 7.91. The molecule has 0 heterocycles. The van der Waals surface area contributed by atoms with E-state index in [1.165, 1.54) is 40.8 Å². The molecule has 0 N–H and O–H groups in total. The third kappa shape index (κ3) is 3.98. The number of unbranched alkanes of at least 4 members (excludes halogenated alkanes) is 2. The highest BCUT2D eigenvalue weighted by Gasteiger charge is 1.95. The highest BCUT2D eigenvalue weighted by Crippen LogP contribution is 2.21. The average Bonchev–Trinajstić information content (AvgIpc) is 2.51. The van der Waals surface area contributed by atoms with Crippen molar-refractivity contribution < 1.29 is 0 Å². The fourth-order valence-corrected chi connectivity index (χ4v) is 2.42. The van der Waals surface area contributed by atoms with Gasteiger partial charge >= 0.3 is 0 Å². The van der Waals surface area contributed by atoms with E-state index < -0.39 is 0 Å². The molecular formula is C19H21Cl. The van der Waals surface area contributed by atoms with Crippen molar-refractivity contribution >= 4 is 33.1 Å². The van der Waals surface area contributed by atoms with E-state index >= 15 is 0 Å². The Kier molecular flexibility index (Phi) is 5.88. The molecule has 0 saturated carbocycles. The Hall–Kier alpha value is -1.53. The maximum Gasteiger partial charge on any atom is 0.0223 e. The molecule has 0 nitrogen and oxygen atoms in total. The van der Waals surface area contributed by atoms with E-state index in [1.807, 2.05) is 0 Å². The predicted octanol–water partition coefficient (Wildman–Crippen LogP) is 6.41. The van der Waals surface area contributed by atoms with Gasteiger partial charge in [-0.05, 0) is 40.1 Å². The van der Waals surface area contributed by atoms with Crippen molar-refractivity contribution in [3.05, 3.63) is 60.7 Å². The molecule has 0 aliphatic heterocycles. The van der Waals surface area contributed by atoms with Gasteiger partial charge in [0.05, 0.1) is 0 Å². The van der Waals surface area contributed by atoms with Crippen molar-refractivity contribution in [2.45, 2.75) is 26.2 Å². The summed E-state index contributed by atoms with van der Waals surface area (Å²) in [6, 6.07) is 21.4. The molecule has 0 bridgehead atoms. The lowest BCUT2D eigenvalue weighted by atomic mass is 10.0. The lowest BCUT2D eigenvalue weighted by molar-refractivity contribution is 0.776. The molecule has 0 atom stereocenters. The Balaban J connectivity index is 0.000000212. The summed E-state index contributed by atoms with van der Waals surface area (Å²) >= 11 is 5.38. The predicted molar refractivity (Wildman–Crippen MR) is 91.7 cm³/mol. The number of alkyl halides is 1. The van der Waals surface area contributed by atoms with Crippen LogP contribution < -0.4 is 0 Å². The highest BCUT2D eigenvalue weighted by atomic mass is 35.5. The average molecular weight is 285 g/mol. The van der Waals surface area contributed by atoms with Crippen LogP contribution in [-0.4, -0.2) is 5.88 Å². The standard InChI is InChI=1S/C14H10.C5H11Cl/c1-2-6-12-10-14-8-4-3-7-13(14)9-11(12)5-1;1-2-3-4-5-6/h1-10H;2-5H2,1H3. The third-order valence-corrected chi connectivity index (χ3v) is 3.62. The van der Waals surface area contributed by atoms with Gasteiger partial charge in [0.25, 0.3) is 0 Å². The first-order valence-electron chi connectivity index (χ1n) is 7.28. The molecule has 0 aliphatic rings. The molecular weight excluding hydrogens is 264 g/mol. The molecule has 0 spiro atoms. The van der Waals surface area contributed by atoms with Crippen LogP contribution >= 0.6 is 11.6 Å². The van der Waals surface area contributed by atoms with E-state index in [-0.39, 0.29) is 0 Å². The summed E-state index contributed by atoms with van der Waals surface area (Å²) in [4.78, 5) is 0. The Morgan fingerprint density at radius 2 is 1.10 bits per heavy atom. The summed E-state index contributed by atoms with van der Waals surface area (Å²) < 4.78 is 0. The Bertz CT molecular complexity index is 549.